The molecule has 1 N–H and O–H groups in total. The van der Waals surface area contributed by atoms with Crippen LogP contribution in [0.25, 0.3) is 0 Å². The molecule has 3 rings (SSSR count). The second-order valence-electron chi connectivity index (χ2n) is 6.63. The average molecular weight is 392 g/mol. The predicted octanol–water partition coefficient (Wildman–Crippen LogP) is 3.88. The summed E-state index contributed by atoms with van der Waals surface area (Å²) >= 11 is 2.87. The molecule has 0 bridgehead atoms. The molecule has 0 saturated heterocycles. The maximum Gasteiger partial charge on any atom is 0.339 e. The molecule has 0 saturated carbocycles. The fraction of sp³-hybridized carbons (Fsp3) is 0.444. The topological polar surface area (TPSA) is 81.2 Å². The number of hydrogen-bond donors (Lipinski definition) is 1. The van der Waals surface area contributed by atoms with Gasteiger partial charge >= 0.3 is 5.97 Å². The summed E-state index contributed by atoms with van der Waals surface area (Å²) in [6, 6.07) is 5.71. The smallest absolute Gasteiger partial charge is 0.339 e. The van der Waals surface area contributed by atoms with Crippen LogP contribution >= 0.6 is 23.1 Å². The first-order valence-electron chi connectivity index (χ1n) is 8.46. The fourth-order valence-corrected chi connectivity index (χ4v) is 4.42. The zero-order valence-corrected chi connectivity index (χ0v) is 16.8. The minimum absolute atomic E-state index is 0.329. The van der Waals surface area contributed by atoms with Crippen LogP contribution in [0.2, 0.25) is 0 Å². The van der Waals surface area contributed by atoms with E-state index in [9.17, 15) is 9.59 Å². The highest BCUT2D eigenvalue weighted by atomic mass is 32.2. The number of nitrogens with zero attached hydrogens (tertiary/aromatic N) is 2. The lowest BCUT2D eigenvalue weighted by atomic mass is 9.87. The Balaban J connectivity index is 1.81. The normalized spacial score (nSPS) is 19.2. The van der Waals surface area contributed by atoms with Crippen molar-refractivity contribution in [3.05, 3.63) is 34.9 Å². The Morgan fingerprint density at radius 1 is 1.42 bits per heavy atom. The van der Waals surface area contributed by atoms with Crippen LogP contribution in [0, 0.1) is 0 Å². The van der Waals surface area contributed by atoms with Gasteiger partial charge in [0.05, 0.1) is 5.56 Å². The first-order chi connectivity index (χ1) is 12.3. The standard InChI is InChI=1S/C18H21N3O3S2/c1-5-25-17-21-20-16(26-17)19-15(23)18(4)9-12-8-11(10(2)3)6-7-13(12)14(22)24-18/h6-8,10H,5,9H2,1-4H3,(H,19,20,23). The number of carbonyl (C=O) groups excluding carboxylic acids is 2. The Morgan fingerprint density at radius 3 is 2.88 bits per heavy atom. The molecule has 0 radical (unpaired) electrons. The second-order valence-corrected chi connectivity index (χ2v) is 9.12. The Hall–Kier alpha value is -1.93. The van der Waals surface area contributed by atoms with Gasteiger partial charge < -0.3 is 4.74 Å². The van der Waals surface area contributed by atoms with Crippen LogP contribution in [0.4, 0.5) is 5.13 Å². The Morgan fingerprint density at radius 2 is 2.19 bits per heavy atom. The maximum atomic E-state index is 12.8. The summed E-state index contributed by atoms with van der Waals surface area (Å²) in [4.78, 5) is 25.2. The Bertz CT molecular complexity index is 850. The van der Waals surface area contributed by atoms with E-state index in [1.54, 1.807) is 24.8 Å². The number of fused-ring (bicyclic) bond motifs is 1. The number of benzene rings is 1. The van der Waals surface area contributed by atoms with Gasteiger partial charge in [0.2, 0.25) is 5.13 Å². The number of amides is 1. The lowest BCUT2D eigenvalue weighted by molar-refractivity contribution is -0.134. The number of cyclic esters (lactones) is 1. The number of thioether (sulfide) groups is 1. The molecule has 1 aliphatic rings. The highest BCUT2D eigenvalue weighted by Gasteiger charge is 2.43. The van der Waals surface area contributed by atoms with Crippen molar-refractivity contribution in [1.82, 2.24) is 10.2 Å². The van der Waals surface area contributed by atoms with Crippen LogP contribution in [0.1, 0.15) is 55.1 Å². The highest BCUT2D eigenvalue weighted by Crippen LogP contribution is 2.32. The van der Waals surface area contributed by atoms with Crippen molar-refractivity contribution in [2.75, 3.05) is 11.1 Å². The van der Waals surface area contributed by atoms with Crippen molar-refractivity contribution in [2.24, 2.45) is 0 Å². The summed E-state index contributed by atoms with van der Waals surface area (Å²) in [5, 5.41) is 11.1. The summed E-state index contributed by atoms with van der Waals surface area (Å²) < 4.78 is 6.28. The van der Waals surface area contributed by atoms with Gasteiger partial charge in [-0.15, -0.1) is 10.2 Å². The van der Waals surface area contributed by atoms with Gasteiger partial charge in [0.1, 0.15) is 0 Å². The van der Waals surface area contributed by atoms with E-state index in [0.29, 0.717) is 23.0 Å². The van der Waals surface area contributed by atoms with E-state index in [1.165, 1.54) is 11.3 Å². The molecule has 1 unspecified atom stereocenters. The predicted molar refractivity (Wildman–Crippen MR) is 103 cm³/mol. The molecule has 1 aromatic carbocycles. The third-order valence-electron chi connectivity index (χ3n) is 4.24. The number of hydrogen-bond acceptors (Lipinski definition) is 7. The van der Waals surface area contributed by atoms with Gasteiger partial charge in [-0.1, -0.05) is 56.0 Å². The van der Waals surface area contributed by atoms with Crippen molar-refractivity contribution in [3.8, 4) is 0 Å². The van der Waals surface area contributed by atoms with Gasteiger partial charge in [-0.3, -0.25) is 10.1 Å². The molecule has 2 heterocycles. The zero-order valence-electron chi connectivity index (χ0n) is 15.2. The number of aromatic nitrogens is 2. The molecule has 0 fully saturated rings. The van der Waals surface area contributed by atoms with E-state index in [-0.39, 0.29) is 0 Å². The quantitative estimate of drug-likeness (QED) is 0.473. The molecule has 6 nitrogen and oxygen atoms in total. The molecule has 0 spiro atoms. The second kappa shape index (κ2) is 7.36. The lowest BCUT2D eigenvalue weighted by Crippen LogP contribution is -2.49. The number of rotatable bonds is 5. The van der Waals surface area contributed by atoms with E-state index in [2.05, 4.69) is 29.4 Å². The molecule has 1 aromatic heterocycles. The lowest BCUT2D eigenvalue weighted by Gasteiger charge is -2.33. The minimum atomic E-state index is -1.27. The van der Waals surface area contributed by atoms with Crippen LogP contribution in [0.5, 0.6) is 0 Å². The Kier molecular flexibility index (Phi) is 5.34. The number of carbonyl (C=O) groups is 2. The summed E-state index contributed by atoms with van der Waals surface area (Å²) in [6.45, 7) is 7.84. The van der Waals surface area contributed by atoms with E-state index >= 15 is 0 Å². The largest absolute Gasteiger partial charge is 0.445 e. The van der Waals surface area contributed by atoms with Gasteiger partial charge in [0.15, 0.2) is 9.94 Å². The molecule has 1 atom stereocenters. The molecular formula is C18H21N3O3S2. The van der Waals surface area contributed by atoms with Gasteiger partial charge in [0.25, 0.3) is 5.91 Å². The summed E-state index contributed by atoms with van der Waals surface area (Å²) in [5.74, 6) is 0.357. The molecule has 138 valence electrons. The molecule has 1 aliphatic heterocycles. The maximum absolute atomic E-state index is 12.8. The Labute approximate surface area is 160 Å². The summed E-state index contributed by atoms with van der Waals surface area (Å²) in [6.07, 6.45) is 0.329. The van der Waals surface area contributed by atoms with Crippen LogP contribution in [-0.2, 0) is 16.0 Å². The van der Waals surface area contributed by atoms with Gasteiger partial charge in [-0.2, -0.15) is 0 Å². The monoisotopic (exact) mass is 391 g/mol. The van der Waals surface area contributed by atoms with Crippen molar-refractivity contribution in [3.63, 3.8) is 0 Å². The van der Waals surface area contributed by atoms with Gasteiger partial charge in [-0.25, -0.2) is 4.79 Å². The van der Waals surface area contributed by atoms with Crippen molar-refractivity contribution in [2.45, 2.75) is 50.0 Å². The van der Waals surface area contributed by atoms with Gasteiger partial charge in [-0.05, 0) is 35.8 Å². The average Bonchev–Trinajstić information content (AvgIpc) is 3.01. The van der Waals surface area contributed by atoms with Crippen LogP contribution in [0.15, 0.2) is 22.5 Å². The van der Waals surface area contributed by atoms with E-state index < -0.39 is 17.5 Å². The molecule has 26 heavy (non-hydrogen) atoms. The highest BCUT2D eigenvalue weighted by molar-refractivity contribution is 8.01. The van der Waals surface area contributed by atoms with E-state index in [1.807, 2.05) is 19.1 Å². The molecule has 2 aromatic rings. The number of esters is 1. The fourth-order valence-electron chi connectivity index (χ4n) is 2.78. The van der Waals surface area contributed by atoms with Crippen molar-refractivity contribution >= 4 is 40.1 Å². The molecular weight excluding hydrogens is 370 g/mol. The van der Waals surface area contributed by atoms with Crippen LogP contribution < -0.4 is 5.32 Å². The third-order valence-corrected chi connectivity index (χ3v) is 6.09. The van der Waals surface area contributed by atoms with Crippen LogP contribution in [0.3, 0.4) is 0 Å². The molecule has 1 amide bonds. The SMILES string of the molecule is CCSc1nnc(NC(=O)C2(C)Cc3cc(C(C)C)ccc3C(=O)O2)s1. The van der Waals surface area contributed by atoms with Crippen molar-refractivity contribution < 1.29 is 14.3 Å². The molecule has 0 aliphatic carbocycles. The third kappa shape index (κ3) is 3.76. The zero-order chi connectivity index (χ0) is 18.9. The summed E-state index contributed by atoms with van der Waals surface area (Å²) in [5.41, 5.74) is 1.22. The first-order valence-corrected chi connectivity index (χ1v) is 10.3. The number of anilines is 1. The number of nitrogens with one attached hydrogen (secondary N) is 1. The van der Waals surface area contributed by atoms with E-state index in [0.717, 1.165) is 21.2 Å². The number of ether oxygens (including phenoxy) is 1. The van der Waals surface area contributed by atoms with Crippen molar-refractivity contribution in [1.29, 1.82) is 0 Å². The van der Waals surface area contributed by atoms with Crippen LogP contribution in [-0.4, -0.2) is 33.4 Å². The minimum Gasteiger partial charge on any atom is -0.445 e. The summed E-state index contributed by atoms with van der Waals surface area (Å²) in [7, 11) is 0. The first kappa shape index (κ1) is 18.8. The van der Waals surface area contributed by atoms with E-state index in [4.69, 9.17) is 4.74 Å². The van der Waals surface area contributed by atoms with Gasteiger partial charge in [0, 0.05) is 6.42 Å². The molecule has 8 heteroatoms.